The van der Waals surface area contributed by atoms with E-state index in [1.807, 2.05) is 0 Å². The second-order valence-corrected chi connectivity index (χ2v) is 5.71. The van der Waals surface area contributed by atoms with Gasteiger partial charge < -0.3 is 0 Å². The molecule has 6 nitrogen and oxygen atoms in total. The Morgan fingerprint density at radius 1 is 1.35 bits per heavy atom. The highest BCUT2D eigenvalue weighted by Gasteiger charge is 2.17. The van der Waals surface area contributed by atoms with Crippen LogP contribution in [0.5, 0.6) is 0 Å². The van der Waals surface area contributed by atoms with Crippen LogP contribution in [0.2, 0.25) is 0 Å². The highest BCUT2D eigenvalue weighted by molar-refractivity contribution is 9.10. The smallest absolute Gasteiger partial charge is 0.277 e. The van der Waals surface area contributed by atoms with E-state index < -0.39 is 10.0 Å². The minimum atomic E-state index is -3.62. The molecule has 2 aromatic heterocycles. The quantitative estimate of drug-likeness (QED) is 0.868. The summed E-state index contributed by atoms with van der Waals surface area (Å²) in [5.74, 6) is 0. The van der Waals surface area contributed by atoms with E-state index in [0.29, 0.717) is 10.3 Å². The maximum Gasteiger partial charge on any atom is 0.279 e. The third kappa shape index (κ3) is 2.64. The van der Waals surface area contributed by atoms with Gasteiger partial charge in [-0.1, -0.05) is 0 Å². The molecule has 0 unspecified atom stereocenters. The van der Waals surface area contributed by atoms with Gasteiger partial charge in [-0.05, 0) is 34.1 Å². The van der Waals surface area contributed by atoms with E-state index in [9.17, 15) is 8.42 Å². The minimum Gasteiger partial charge on any atom is -0.277 e. The molecule has 0 aliphatic carbocycles. The fourth-order valence-corrected chi connectivity index (χ4v) is 2.67. The van der Waals surface area contributed by atoms with E-state index in [0.717, 1.165) is 0 Å². The molecule has 0 amide bonds. The molecule has 8 heteroatoms. The number of hydrogen-bond donors (Lipinski definition) is 1. The van der Waals surface area contributed by atoms with Crippen molar-refractivity contribution in [3.8, 4) is 0 Å². The molecule has 2 heterocycles. The number of anilines is 1. The van der Waals surface area contributed by atoms with Crippen LogP contribution in [0.1, 0.15) is 0 Å². The van der Waals surface area contributed by atoms with E-state index >= 15 is 0 Å². The first-order valence-electron chi connectivity index (χ1n) is 4.61. The molecule has 90 valence electrons. The number of nitrogens with one attached hydrogen (secondary N) is 1. The second-order valence-electron chi connectivity index (χ2n) is 3.27. The predicted molar refractivity (Wildman–Crippen MR) is 66.0 cm³/mol. The lowest BCUT2D eigenvalue weighted by Gasteiger charge is -2.07. The van der Waals surface area contributed by atoms with Gasteiger partial charge in [0.2, 0.25) is 0 Å². The molecule has 2 aromatic rings. The zero-order chi connectivity index (χ0) is 12.5. The number of sulfonamides is 1. The fourth-order valence-electron chi connectivity index (χ4n) is 1.27. The zero-order valence-electron chi connectivity index (χ0n) is 8.83. The predicted octanol–water partition coefficient (Wildman–Crippen LogP) is 1.38. The first kappa shape index (κ1) is 12.1. The van der Waals surface area contributed by atoms with Gasteiger partial charge in [0, 0.05) is 7.05 Å². The second kappa shape index (κ2) is 4.46. The molecule has 0 saturated carbocycles. The molecule has 0 aliphatic rings. The summed E-state index contributed by atoms with van der Waals surface area (Å²) in [6.07, 6.45) is 2.85. The van der Waals surface area contributed by atoms with Gasteiger partial charge in [0.05, 0.1) is 18.1 Å². The van der Waals surface area contributed by atoms with Gasteiger partial charge in [-0.2, -0.15) is 13.5 Å². The summed E-state index contributed by atoms with van der Waals surface area (Å²) in [5, 5.41) is 3.91. The lowest BCUT2D eigenvalue weighted by molar-refractivity contribution is 0.582. The van der Waals surface area contributed by atoms with Crippen LogP contribution in [0.15, 0.2) is 40.2 Å². The Bertz CT molecular complexity index is 621. The molecule has 1 N–H and O–H groups in total. The molecular formula is C9H9BrN4O2S. The van der Waals surface area contributed by atoms with Gasteiger partial charge in [0.1, 0.15) is 4.60 Å². The van der Waals surface area contributed by atoms with Gasteiger partial charge in [0.15, 0.2) is 5.03 Å². The largest absolute Gasteiger partial charge is 0.279 e. The van der Waals surface area contributed by atoms with Crippen LogP contribution in [-0.2, 0) is 17.1 Å². The van der Waals surface area contributed by atoms with E-state index in [1.54, 1.807) is 19.2 Å². The molecule has 0 spiro atoms. The lowest BCUT2D eigenvalue weighted by atomic mass is 10.4. The number of halogens is 1. The summed E-state index contributed by atoms with van der Waals surface area (Å²) >= 11 is 3.17. The highest BCUT2D eigenvalue weighted by atomic mass is 79.9. The van der Waals surface area contributed by atoms with Crippen molar-refractivity contribution in [1.29, 1.82) is 0 Å². The van der Waals surface area contributed by atoms with Crippen molar-refractivity contribution in [2.45, 2.75) is 5.03 Å². The maximum atomic E-state index is 12.0. The topological polar surface area (TPSA) is 76.9 Å². The van der Waals surface area contributed by atoms with Crippen molar-refractivity contribution >= 4 is 31.6 Å². The van der Waals surface area contributed by atoms with Crippen LogP contribution in [0, 0.1) is 0 Å². The third-order valence-electron chi connectivity index (χ3n) is 2.03. The maximum absolute atomic E-state index is 12.0. The van der Waals surface area contributed by atoms with Crippen molar-refractivity contribution in [2.24, 2.45) is 7.05 Å². The van der Waals surface area contributed by atoms with Crippen LogP contribution >= 0.6 is 15.9 Å². The van der Waals surface area contributed by atoms with Crippen molar-refractivity contribution < 1.29 is 8.42 Å². The Morgan fingerprint density at radius 3 is 2.65 bits per heavy atom. The number of aryl methyl sites for hydroxylation is 1. The Morgan fingerprint density at radius 2 is 2.12 bits per heavy atom. The fraction of sp³-hybridized carbons (Fsp3) is 0.111. The zero-order valence-corrected chi connectivity index (χ0v) is 11.2. The highest BCUT2D eigenvalue weighted by Crippen LogP contribution is 2.15. The number of hydrogen-bond acceptors (Lipinski definition) is 4. The van der Waals surface area contributed by atoms with Crippen molar-refractivity contribution in [2.75, 3.05) is 4.72 Å². The summed E-state index contributed by atoms with van der Waals surface area (Å²) in [6.45, 7) is 0. The van der Waals surface area contributed by atoms with Crippen molar-refractivity contribution in [3.63, 3.8) is 0 Å². The average molecular weight is 317 g/mol. The summed E-state index contributed by atoms with van der Waals surface area (Å²) in [5.41, 5.74) is 0.398. The van der Waals surface area contributed by atoms with Crippen LogP contribution in [-0.4, -0.2) is 23.2 Å². The monoisotopic (exact) mass is 316 g/mol. The average Bonchev–Trinajstić information content (AvgIpc) is 2.68. The van der Waals surface area contributed by atoms with E-state index in [1.165, 1.54) is 23.1 Å². The molecule has 0 bridgehead atoms. The number of nitrogens with zero attached hydrogens (tertiary/aromatic N) is 3. The van der Waals surface area contributed by atoms with Gasteiger partial charge in [-0.3, -0.25) is 9.40 Å². The normalized spacial score (nSPS) is 11.4. The lowest BCUT2D eigenvalue weighted by Crippen LogP contribution is -2.16. The molecule has 0 aliphatic heterocycles. The summed E-state index contributed by atoms with van der Waals surface area (Å²) in [4.78, 5) is 3.93. The van der Waals surface area contributed by atoms with Crippen LogP contribution in [0.25, 0.3) is 0 Å². The van der Waals surface area contributed by atoms with Crippen molar-refractivity contribution in [1.82, 2.24) is 14.8 Å². The Labute approximate surface area is 107 Å². The minimum absolute atomic E-state index is 0.0976. The molecule has 0 aromatic carbocycles. The molecule has 17 heavy (non-hydrogen) atoms. The van der Waals surface area contributed by atoms with Crippen LogP contribution in [0.4, 0.5) is 5.69 Å². The molecule has 0 atom stereocenters. The number of aromatic nitrogens is 3. The molecule has 0 saturated heterocycles. The molecule has 0 radical (unpaired) electrons. The number of rotatable bonds is 3. The van der Waals surface area contributed by atoms with Gasteiger partial charge >= 0.3 is 0 Å². The Hall–Kier alpha value is -1.41. The molecular weight excluding hydrogens is 308 g/mol. The van der Waals surface area contributed by atoms with Gasteiger partial charge in [-0.15, -0.1) is 0 Å². The van der Waals surface area contributed by atoms with Crippen molar-refractivity contribution in [3.05, 3.63) is 35.2 Å². The molecule has 0 fully saturated rings. The summed E-state index contributed by atoms with van der Waals surface area (Å²) in [6, 6.07) is 4.70. The Kier molecular flexibility index (Phi) is 3.16. The first-order chi connectivity index (χ1) is 7.99. The summed E-state index contributed by atoms with van der Waals surface area (Å²) in [7, 11) is -2.05. The standard InChI is InChI=1S/C9H9BrN4O2S/c1-14-9(4-5-12-14)17(15,16)13-7-2-3-8(10)11-6-7/h2-6,13H,1H3. The van der Waals surface area contributed by atoms with E-state index in [4.69, 9.17) is 0 Å². The Balaban J connectivity index is 2.30. The van der Waals surface area contributed by atoms with Crippen LogP contribution < -0.4 is 4.72 Å². The van der Waals surface area contributed by atoms with E-state index in [2.05, 4.69) is 30.7 Å². The third-order valence-corrected chi connectivity index (χ3v) is 3.96. The summed E-state index contributed by atoms with van der Waals surface area (Å²) < 4.78 is 28.3. The first-order valence-corrected chi connectivity index (χ1v) is 6.89. The van der Waals surface area contributed by atoms with Crippen LogP contribution in [0.3, 0.4) is 0 Å². The van der Waals surface area contributed by atoms with Gasteiger partial charge in [0.25, 0.3) is 10.0 Å². The SMILES string of the molecule is Cn1nccc1S(=O)(=O)Nc1ccc(Br)nc1. The number of pyridine rings is 1. The van der Waals surface area contributed by atoms with Gasteiger partial charge in [-0.25, -0.2) is 4.98 Å². The molecule has 2 rings (SSSR count). The van der Waals surface area contributed by atoms with E-state index in [-0.39, 0.29) is 5.03 Å².